The molecule has 1 aliphatic heterocycles. The molecule has 3 aromatic rings. The summed E-state index contributed by atoms with van der Waals surface area (Å²) in [5.74, 6) is 1.72. The van der Waals surface area contributed by atoms with E-state index in [0.29, 0.717) is 13.0 Å². The van der Waals surface area contributed by atoms with Crippen LogP contribution in [0, 0.1) is 6.92 Å². The number of aryl methyl sites for hydroxylation is 1. The summed E-state index contributed by atoms with van der Waals surface area (Å²) < 4.78 is 5.55. The maximum Gasteiger partial charge on any atom is 0.290 e. The molecule has 32 heavy (non-hydrogen) atoms. The summed E-state index contributed by atoms with van der Waals surface area (Å²) in [7, 11) is 5.75. The monoisotopic (exact) mass is 437 g/mol. The number of carbonyl (C=O) groups is 1. The van der Waals surface area contributed by atoms with Crippen molar-refractivity contribution in [2.24, 2.45) is 0 Å². The number of hydrogen-bond donors (Lipinski definition) is 2. The van der Waals surface area contributed by atoms with Crippen LogP contribution in [0.15, 0.2) is 54.6 Å². The molecule has 7 nitrogen and oxygen atoms in total. The Morgan fingerprint density at radius 3 is 2.50 bits per heavy atom. The molecular weight excluding hydrogens is 406 g/mol. The predicted molar refractivity (Wildman–Crippen MR) is 126 cm³/mol. The van der Waals surface area contributed by atoms with Gasteiger partial charge in [0.05, 0.1) is 13.2 Å². The highest BCUT2D eigenvalue weighted by Gasteiger charge is 2.44. The highest BCUT2D eigenvalue weighted by Crippen LogP contribution is 2.37. The Morgan fingerprint density at radius 1 is 1.19 bits per heavy atom. The lowest BCUT2D eigenvalue weighted by atomic mass is 9.80. The van der Waals surface area contributed by atoms with E-state index in [1.807, 2.05) is 56.6 Å². The van der Waals surface area contributed by atoms with Crippen LogP contribution in [0.3, 0.4) is 0 Å². The van der Waals surface area contributed by atoms with Gasteiger partial charge in [0.1, 0.15) is 22.7 Å². The quantitative estimate of drug-likeness (QED) is 0.606. The fraction of sp³-hybridized carbons (Fsp3) is 0.360. The Morgan fingerprint density at radius 2 is 1.88 bits per heavy atom. The van der Waals surface area contributed by atoms with Crippen LogP contribution in [-0.4, -0.2) is 66.9 Å². The first-order valence-electron chi connectivity index (χ1n) is 10.6. The third kappa shape index (κ3) is 4.54. The standard InChI is InChI=1S/C24H29N3O2.CH2O2/c1-17-15-22(25-23-19(17)11-8-12-20(23)29-4)27-14-13-24(28,21(16-27)26(2)3)18-9-6-5-7-10-18;2-1-3/h5-12,15,21,28H,13-14,16H2,1-4H3;1H,(H,2,3)/t21-,24+;/m1./s1. The van der Waals surface area contributed by atoms with E-state index in [4.69, 9.17) is 19.6 Å². The van der Waals surface area contributed by atoms with Crippen LogP contribution in [-0.2, 0) is 10.4 Å². The number of pyridine rings is 1. The molecule has 0 radical (unpaired) electrons. The minimum atomic E-state index is -0.884. The number of hydrogen-bond acceptors (Lipinski definition) is 6. The van der Waals surface area contributed by atoms with E-state index in [2.05, 4.69) is 28.9 Å². The molecule has 2 heterocycles. The first kappa shape index (κ1) is 23.5. The van der Waals surface area contributed by atoms with Crippen molar-refractivity contribution in [2.45, 2.75) is 25.0 Å². The highest BCUT2D eigenvalue weighted by molar-refractivity contribution is 5.88. The normalized spacial score (nSPS) is 20.6. The molecule has 0 aliphatic carbocycles. The maximum absolute atomic E-state index is 11.6. The van der Waals surface area contributed by atoms with Gasteiger partial charge in [0.25, 0.3) is 6.47 Å². The molecule has 1 saturated heterocycles. The number of rotatable bonds is 4. The molecule has 1 aromatic heterocycles. The van der Waals surface area contributed by atoms with Gasteiger partial charge in [-0.15, -0.1) is 0 Å². The second-order valence-corrected chi connectivity index (χ2v) is 8.22. The number of carboxylic acid groups (broad SMARTS) is 1. The zero-order valence-electron chi connectivity index (χ0n) is 19.0. The third-order valence-electron chi connectivity index (χ3n) is 6.14. The molecule has 4 rings (SSSR count). The lowest BCUT2D eigenvalue weighted by molar-refractivity contribution is -0.122. The predicted octanol–water partition coefficient (Wildman–Crippen LogP) is 3.28. The Balaban J connectivity index is 0.000000913. The van der Waals surface area contributed by atoms with Gasteiger partial charge >= 0.3 is 0 Å². The molecule has 0 amide bonds. The molecule has 1 fully saturated rings. The topological polar surface area (TPSA) is 86.1 Å². The number of anilines is 1. The summed E-state index contributed by atoms with van der Waals surface area (Å²) in [5.41, 5.74) is 2.15. The molecular formula is C25H31N3O4. The van der Waals surface area contributed by atoms with Gasteiger partial charge in [-0.3, -0.25) is 4.79 Å². The van der Waals surface area contributed by atoms with Crippen molar-refractivity contribution < 1.29 is 19.7 Å². The molecule has 7 heteroatoms. The fourth-order valence-electron chi connectivity index (χ4n) is 4.49. The van der Waals surface area contributed by atoms with Gasteiger partial charge in [-0.25, -0.2) is 4.98 Å². The zero-order chi connectivity index (χ0) is 23.3. The molecule has 2 atom stereocenters. The van der Waals surface area contributed by atoms with Gasteiger partial charge in [-0.05, 0) is 50.7 Å². The van der Waals surface area contributed by atoms with E-state index >= 15 is 0 Å². The van der Waals surface area contributed by atoms with Crippen LogP contribution >= 0.6 is 0 Å². The van der Waals surface area contributed by atoms with Gasteiger partial charge in [-0.1, -0.05) is 42.5 Å². The molecule has 2 aromatic carbocycles. The van der Waals surface area contributed by atoms with Crippen LogP contribution in [0.5, 0.6) is 5.75 Å². The number of fused-ring (bicyclic) bond motifs is 1. The number of piperidine rings is 1. The summed E-state index contributed by atoms with van der Waals surface area (Å²) in [4.78, 5) is 17.7. The van der Waals surface area contributed by atoms with Gasteiger partial charge in [-0.2, -0.15) is 0 Å². The van der Waals surface area contributed by atoms with E-state index < -0.39 is 5.60 Å². The van der Waals surface area contributed by atoms with Gasteiger partial charge in [0.2, 0.25) is 0 Å². The van der Waals surface area contributed by atoms with E-state index in [0.717, 1.165) is 34.6 Å². The minimum absolute atomic E-state index is 0.0471. The first-order chi connectivity index (χ1) is 15.3. The lowest BCUT2D eigenvalue weighted by Crippen LogP contribution is -2.59. The summed E-state index contributed by atoms with van der Waals surface area (Å²) in [6.07, 6.45) is 0.643. The number of likely N-dealkylation sites (N-methyl/N-ethyl adjacent to an activating group) is 1. The van der Waals surface area contributed by atoms with Crippen molar-refractivity contribution >= 4 is 23.2 Å². The van der Waals surface area contributed by atoms with Gasteiger partial charge < -0.3 is 24.7 Å². The molecule has 0 spiro atoms. The number of methoxy groups -OCH3 is 1. The lowest BCUT2D eigenvalue weighted by Gasteiger charge is -2.48. The highest BCUT2D eigenvalue weighted by atomic mass is 16.5. The smallest absolute Gasteiger partial charge is 0.290 e. The summed E-state index contributed by atoms with van der Waals surface area (Å²) >= 11 is 0. The third-order valence-corrected chi connectivity index (χ3v) is 6.14. The first-order valence-corrected chi connectivity index (χ1v) is 10.6. The SMILES string of the molecule is COc1cccc2c(C)cc(N3CC[C@](O)(c4ccccc4)[C@H](N(C)C)C3)nc12.O=CO. The Labute approximate surface area is 188 Å². The Bertz CT molecular complexity index is 1060. The van der Waals surface area contributed by atoms with Crippen molar-refractivity contribution in [2.75, 3.05) is 39.2 Å². The molecule has 170 valence electrons. The number of benzene rings is 2. The molecule has 2 N–H and O–H groups in total. The number of aromatic nitrogens is 1. The average molecular weight is 438 g/mol. The van der Waals surface area contributed by atoms with Crippen LogP contribution in [0.2, 0.25) is 0 Å². The van der Waals surface area contributed by atoms with Crippen molar-refractivity contribution in [3.05, 3.63) is 65.7 Å². The van der Waals surface area contributed by atoms with Crippen LogP contribution in [0.1, 0.15) is 17.5 Å². The van der Waals surface area contributed by atoms with Gasteiger partial charge in [0.15, 0.2) is 0 Å². The summed E-state index contributed by atoms with van der Waals surface area (Å²) in [6, 6.07) is 18.1. The van der Waals surface area contributed by atoms with E-state index in [1.165, 1.54) is 5.56 Å². The maximum atomic E-state index is 11.6. The largest absolute Gasteiger partial charge is 0.494 e. The summed E-state index contributed by atoms with van der Waals surface area (Å²) in [5, 5.41) is 19.6. The second kappa shape index (κ2) is 9.97. The van der Waals surface area contributed by atoms with Crippen LogP contribution < -0.4 is 9.64 Å². The van der Waals surface area contributed by atoms with Crippen molar-refractivity contribution in [3.8, 4) is 5.75 Å². The van der Waals surface area contributed by atoms with Gasteiger partial charge in [0, 0.05) is 18.5 Å². The zero-order valence-corrected chi connectivity index (χ0v) is 19.0. The van der Waals surface area contributed by atoms with E-state index in [9.17, 15) is 5.11 Å². The Kier molecular flexibility index (Phi) is 7.33. The number of para-hydroxylation sites is 1. The molecule has 0 saturated carbocycles. The summed E-state index contributed by atoms with van der Waals surface area (Å²) in [6.45, 7) is 3.30. The van der Waals surface area contributed by atoms with Crippen molar-refractivity contribution in [1.82, 2.24) is 9.88 Å². The molecule has 1 aliphatic rings. The van der Waals surface area contributed by atoms with E-state index in [1.54, 1.807) is 7.11 Å². The van der Waals surface area contributed by atoms with Crippen LogP contribution in [0.25, 0.3) is 10.9 Å². The number of ether oxygens (including phenoxy) is 1. The van der Waals surface area contributed by atoms with Crippen molar-refractivity contribution in [3.63, 3.8) is 0 Å². The fourth-order valence-corrected chi connectivity index (χ4v) is 4.49. The van der Waals surface area contributed by atoms with E-state index in [-0.39, 0.29) is 12.5 Å². The number of nitrogens with zero attached hydrogens (tertiary/aromatic N) is 3. The number of aliphatic hydroxyl groups is 1. The van der Waals surface area contributed by atoms with Crippen LogP contribution in [0.4, 0.5) is 5.82 Å². The molecule has 0 bridgehead atoms. The minimum Gasteiger partial charge on any atom is -0.494 e. The Hall–Kier alpha value is -3.16. The van der Waals surface area contributed by atoms with Crippen molar-refractivity contribution in [1.29, 1.82) is 0 Å². The average Bonchev–Trinajstić information content (AvgIpc) is 2.80. The second-order valence-electron chi connectivity index (χ2n) is 8.22. The molecule has 0 unspecified atom stereocenters.